The zero-order valence-corrected chi connectivity index (χ0v) is 26.7. The second kappa shape index (κ2) is 11.4. The Morgan fingerprint density at radius 1 is 0.380 bits per heavy atom. The van der Waals surface area contributed by atoms with Crippen LogP contribution < -0.4 is 0 Å². The number of pyridine rings is 1. The van der Waals surface area contributed by atoms with Crippen molar-refractivity contribution in [2.45, 2.75) is 0 Å². The molecule has 4 aromatic heterocycles. The third kappa shape index (κ3) is 4.60. The zero-order valence-electron chi connectivity index (χ0n) is 26.7. The number of nitrogens with zero attached hydrogens (tertiary/aromatic N) is 3. The third-order valence-electron chi connectivity index (χ3n) is 9.37. The molecule has 0 spiro atoms. The first-order valence-electron chi connectivity index (χ1n) is 16.6. The van der Waals surface area contributed by atoms with E-state index in [-0.39, 0.29) is 0 Å². The molecule has 0 aliphatic rings. The molecule has 5 nitrogen and oxygen atoms in total. The molecule has 0 saturated carbocycles. The standard InChI is InChI=1S/C45H27N3O2/c1-2-12-28(13-3-1)37-27-38(48-45(47-37)30-15-10-14-29(26-30)36-19-8-9-25-46-36)33-24-23-32(44-43(33)35-17-5-7-21-40(35)50-44)31-18-11-22-41-42(31)34-16-4-6-20-39(34)49-41/h1-27H. The molecule has 6 aromatic carbocycles. The highest BCUT2D eigenvalue weighted by atomic mass is 16.3. The predicted molar refractivity (Wildman–Crippen MR) is 202 cm³/mol. The summed E-state index contributed by atoms with van der Waals surface area (Å²) >= 11 is 0. The van der Waals surface area contributed by atoms with Gasteiger partial charge in [0.1, 0.15) is 22.3 Å². The monoisotopic (exact) mass is 641 g/mol. The molecule has 0 aliphatic heterocycles. The minimum atomic E-state index is 0.638. The minimum Gasteiger partial charge on any atom is -0.456 e. The molecule has 0 fully saturated rings. The smallest absolute Gasteiger partial charge is 0.160 e. The molecule has 4 heterocycles. The molecule has 0 amide bonds. The number of aromatic nitrogens is 3. The lowest BCUT2D eigenvalue weighted by Gasteiger charge is -2.12. The summed E-state index contributed by atoms with van der Waals surface area (Å²) in [5.41, 5.74) is 11.8. The van der Waals surface area contributed by atoms with Crippen molar-refractivity contribution in [3.8, 4) is 56.3 Å². The van der Waals surface area contributed by atoms with E-state index in [1.165, 1.54) is 0 Å². The Hall–Kier alpha value is -6.85. The fourth-order valence-corrected chi connectivity index (χ4v) is 7.08. The Labute approximate surface area is 287 Å². The molecule has 5 heteroatoms. The molecule has 10 aromatic rings. The fourth-order valence-electron chi connectivity index (χ4n) is 7.08. The van der Waals surface area contributed by atoms with Crippen molar-refractivity contribution in [3.63, 3.8) is 0 Å². The normalized spacial score (nSPS) is 11.6. The SMILES string of the molecule is c1ccc(-c2cc(-c3ccc(-c4cccc5oc6ccccc6c45)c4oc5ccccc5c34)nc(-c3cccc(-c4ccccn4)c3)n2)cc1. The number of para-hydroxylation sites is 2. The molecule has 0 radical (unpaired) electrons. The summed E-state index contributed by atoms with van der Waals surface area (Å²) in [4.78, 5) is 15.0. The molecule has 0 N–H and O–H groups in total. The fraction of sp³-hybridized carbons (Fsp3) is 0. The maximum Gasteiger partial charge on any atom is 0.160 e. The van der Waals surface area contributed by atoms with E-state index in [0.717, 1.165) is 94.3 Å². The first-order chi connectivity index (χ1) is 24.8. The summed E-state index contributed by atoms with van der Waals surface area (Å²) in [5.74, 6) is 0.638. The summed E-state index contributed by atoms with van der Waals surface area (Å²) in [6, 6.07) is 53.5. The van der Waals surface area contributed by atoms with E-state index < -0.39 is 0 Å². The maximum absolute atomic E-state index is 6.75. The van der Waals surface area contributed by atoms with Crippen molar-refractivity contribution in [2.75, 3.05) is 0 Å². The van der Waals surface area contributed by atoms with Crippen LogP contribution in [0.25, 0.3) is 100 Å². The van der Waals surface area contributed by atoms with Crippen molar-refractivity contribution in [1.29, 1.82) is 0 Å². The molecule has 234 valence electrons. The highest BCUT2D eigenvalue weighted by Gasteiger charge is 2.22. The van der Waals surface area contributed by atoms with Crippen LogP contribution in [0.4, 0.5) is 0 Å². The molecule has 10 rings (SSSR count). The number of hydrogen-bond acceptors (Lipinski definition) is 5. The van der Waals surface area contributed by atoms with Crippen LogP contribution in [-0.2, 0) is 0 Å². The average molecular weight is 642 g/mol. The van der Waals surface area contributed by atoms with Crippen LogP contribution in [-0.4, -0.2) is 15.0 Å². The van der Waals surface area contributed by atoms with Crippen molar-refractivity contribution >= 4 is 43.9 Å². The van der Waals surface area contributed by atoms with Gasteiger partial charge in [-0.1, -0.05) is 109 Å². The summed E-state index contributed by atoms with van der Waals surface area (Å²) < 4.78 is 13.0. The number of benzene rings is 6. The van der Waals surface area contributed by atoms with Gasteiger partial charge in [-0.25, -0.2) is 9.97 Å². The number of fused-ring (bicyclic) bond motifs is 6. The Balaban J connectivity index is 1.23. The lowest BCUT2D eigenvalue weighted by Crippen LogP contribution is -1.97. The molecule has 0 bridgehead atoms. The van der Waals surface area contributed by atoms with Gasteiger partial charge in [-0.15, -0.1) is 0 Å². The van der Waals surface area contributed by atoms with Gasteiger partial charge in [0.05, 0.1) is 17.1 Å². The first kappa shape index (κ1) is 28.2. The minimum absolute atomic E-state index is 0.638. The van der Waals surface area contributed by atoms with E-state index in [4.69, 9.17) is 18.8 Å². The predicted octanol–water partition coefficient (Wildman–Crippen LogP) is 12.0. The van der Waals surface area contributed by atoms with Gasteiger partial charge >= 0.3 is 0 Å². The van der Waals surface area contributed by atoms with Gasteiger partial charge in [0.15, 0.2) is 5.82 Å². The summed E-state index contributed by atoms with van der Waals surface area (Å²) in [6.07, 6.45) is 1.81. The van der Waals surface area contributed by atoms with Crippen molar-refractivity contribution in [3.05, 3.63) is 164 Å². The third-order valence-corrected chi connectivity index (χ3v) is 9.37. The van der Waals surface area contributed by atoms with Crippen LogP contribution in [0.1, 0.15) is 0 Å². The van der Waals surface area contributed by atoms with Crippen LogP contribution in [0.2, 0.25) is 0 Å². The van der Waals surface area contributed by atoms with Crippen LogP contribution in [0.15, 0.2) is 173 Å². The number of rotatable bonds is 5. The summed E-state index contributed by atoms with van der Waals surface area (Å²) in [6.45, 7) is 0. The molecule has 50 heavy (non-hydrogen) atoms. The lowest BCUT2D eigenvalue weighted by molar-refractivity contribution is 0.668. The Morgan fingerprint density at radius 2 is 1.04 bits per heavy atom. The van der Waals surface area contributed by atoms with Crippen LogP contribution >= 0.6 is 0 Å². The van der Waals surface area contributed by atoms with Gasteiger partial charge < -0.3 is 8.83 Å². The van der Waals surface area contributed by atoms with Crippen LogP contribution in [0.5, 0.6) is 0 Å². The number of furan rings is 2. The van der Waals surface area contributed by atoms with Crippen molar-refractivity contribution in [2.24, 2.45) is 0 Å². The van der Waals surface area contributed by atoms with E-state index in [2.05, 4.69) is 83.8 Å². The van der Waals surface area contributed by atoms with Crippen molar-refractivity contribution < 1.29 is 8.83 Å². The summed E-state index contributed by atoms with van der Waals surface area (Å²) in [7, 11) is 0. The topological polar surface area (TPSA) is 65.0 Å². The zero-order chi connectivity index (χ0) is 33.0. The molecule has 0 aliphatic carbocycles. The molecule has 0 saturated heterocycles. The van der Waals surface area contributed by atoms with E-state index in [1.54, 1.807) is 0 Å². The van der Waals surface area contributed by atoms with Crippen LogP contribution in [0, 0.1) is 0 Å². The Kier molecular flexibility index (Phi) is 6.42. The highest BCUT2D eigenvalue weighted by molar-refractivity contribution is 6.20. The Bertz CT molecular complexity index is 2870. The second-order valence-corrected chi connectivity index (χ2v) is 12.4. The van der Waals surface area contributed by atoms with Gasteiger partial charge in [0.25, 0.3) is 0 Å². The number of hydrogen-bond donors (Lipinski definition) is 0. The van der Waals surface area contributed by atoms with E-state index in [0.29, 0.717) is 5.82 Å². The second-order valence-electron chi connectivity index (χ2n) is 12.4. The van der Waals surface area contributed by atoms with E-state index in [1.807, 2.05) is 85.1 Å². The van der Waals surface area contributed by atoms with Gasteiger partial charge in [-0.05, 0) is 54.1 Å². The quantitative estimate of drug-likeness (QED) is 0.187. The van der Waals surface area contributed by atoms with Crippen LogP contribution in [0.3, 0.4) is 0 Å². The van der Waals surface area contributed by atoms with Gasteiger partial charge in [-0.3, -0.25) is 4.98 Å². The van der Waals surface area contributed by atoms with E-state index in [9.17, 15) is 0 Å². The largest absolute Gasteiger partial charge is 0.456 e. The van der Waals surface area contributed by atoms with Gasteiger partial charge in [0, 0.05) is 55.6 Å². The Morgan fingerprint density at radius 3 is 1.88 bits per heavy atom. The molecule has 0 unspecified atom stereocenters. The summed E-state index contributed by atoms with van der Waals surface area (Å²) in [5, 5.41) is 4.18. The van der Waals surface area contributed by atoms with Gasteiger partial charge in [-0.2, -0.15) is 0 Å². The maximum atomic E-state index is 6.75. The van der Waals surface area contributed by atoms with E-state index >= 15 is 0 Å². The average Bonchev–Trinajstić information content (AvgIpc) is 3.77. The first-order valence-corrected chi connectivity index (χ1v) is 16.6. The van der Waals surface area contributed by atoms with Crippen molar-refractivity contribution in [1.82, 2.24) is 15.0 Å². The van der Waals surface area contributed by atoms with Gasteiger partial charge in [0.2, 0.25) is 0 Å². The molecular weight excluding hydrogens is 615 g/mol. The molecular formula is C45H27N3O2. The lowest BCUT2D eigenvalue weighted by atomic mass is 9.94. The highest BCUT2D eigenvalue weighted by Crippen LogP contribution is 2.45. The molecule has 0 atom stereocenters.